The van der Waals surface area contributed by atoms with Crippen LogP contribution in [-0.4, -0.2) is 8.42 Å². The van der Waals surface area contributed by atoms with Gasteiger partial charge in [-0.05, 0) is 65.2 Å². The number of nitrogens with one attached hydrogen (secondary N) is 1. The van der Waals surface area contributed by atoms with E-state index < -0.39 is 10.0 Å². The van der Waals surface area contributed by atoms with Crippen LogP contribution in [-0.2, 0) is 10.0 Å². The molecule has 0 aliphatic rings. The molecule has 0 unspecified atom stereocenters. The molecule has 0 aliphatic carbocycles. The summed E-state index contributed by atoms with van der Waals surface area (Å²) in [5, 5.41) is 0.209. The number of aryl methyl sites for hydroxylation is 2. The summed E-state index contributed by atoms with van der Waals surface area (Å²) in [7, 11) is -3.71. The van der Waals surface area contributed by atoms with Crippen molar-refractivity contribution in [3.05, 3.63) is 57.0 Å². The van der Waals surface area contributed by atoms with Gasteiger partial charge in [0.2, 0.25) is 0 Å². The quantitative estimate of drug-likeness (QED) is 0.858. The zero-order valence-corrected chi connectivity index (χ0v) is 14.1. The number of anilines is 1. The van der Waals surface area contributed by atoms with Crippen LogP contribution in [0.3, 0.4) is 0 Å². The van der Waals surface area contributed by atoms with Crippen LogP contribution in [0.5, 0.6) is 0 Å². The zero-order chi connectivity index (χ0) is 14.9. The average Bonchev–Trinajstić information content (AvgIpc) is 2.32. The van der Waals surface area contributed by atoms with Crippen LogP contribution in [0.1, 0.15) is 11.1 Å². The van der Waals surface area contributed by atoms with Gasteiger partial charge in [0.05, 0.1) is 10.7 Å². The van der Waals surface area contributed by atoms with Gasteiger partial charge in [-0.3, -0.25) is 4.72 Å². The molecule has 2 aromatic rings. The van der Waals surface area contributed by atoms with Crippen molar-refractivity contribution in [3.8, 4) is 0 Å². The number of rotatable bonds is 3. The van der Waals surface area contributed by atoms with Crippen LogP contribution >= 0.6 is 27.5 Å². The van der Waals surface area contributed by atoms with Crippen LogP contribution < -0.4 is 4.72 Å². The normalized spacial score (nSPS) is 11.4. The second-order valence-corrected chi connectivity index (χ2v) is 7.44. The standard InChI is InChI=1S/C14H13BrClNO2S/c1-9-3-5-13(11(15)7-9)17-20(18,19)14-6-4-10(2)8-12(14)16/h3-8,17H,1-2H3. The van der Waals surface area contributed by atoms with Crippen molar-refractivity contribution in [1.82, 2.24) is 0 Å². The Kier molecular flexibility index (Phi) is 4.42. The van der Waals surface area contributed by atoms with Gasteiger partial charge in [0.15, 0.2) is 0 Å². The van der Waals surface area contributed by atoms with Gasteiger partial charge in [0.25, 0.3) is 10.0 Å². The third kappa shape index (κ3) is 3.34. The second-order valence-electron chi connectivity index (χ2n) is 4.52. The molecule has 0 aromatic heterocycles. The average molecular weight is 375 g/mol. The van der Waals surface area contributed by atoms with Crippen molar-refractivity contribution in [2.75, 3.05) is 4.72 Å². The minimum atomic E-state index is -3.71. The summed E-state index contributed by atoms with van der Waals surface area (Å²) in [6.45, 7) is 3.78. The molecule has 0 aliphatic heterocycles. The predicted octanol–water partition coefficient (Wildman–Crippen LogP) is 4.52. The summed E-state index contributed by atoms with van der Waals surface area (Å²) in [6, 6.07) is 10.2. The first-order chi connectivity index (χ1) is 9.29. The molecule has 0 radical (unpaired) electrons. The van der Waals surface area contributed by atoms with E-state index in [-0.39, 0.29) is 9.92 Å². The third-order valence-electron chi connectivity index (χ3n) is 2.75. The smallest absolute Gasteiger partial charge is 0.263 e. The molecule has 1 N–H and O–H groups in total. The lowest BCUT2D eigenvalue weighted by Crippen LogP contribution is -2.14. The van der Waals surface area contributed by atoms with E-state index in [1.165, 1.54) is 6.07 Å². The van der Waals surface area contributed by atoms with E-state index >= 15 is 0 Å². The highest BCUT2D eigenvalue weighted by Gasteiger charge is 2.19. The van der Waals surface area contributed by atoms with E-state index in [9.17, 15) is 8.42 Å². The number of hydrogen-bond acceptors (Lipinski definition) is 2. The Morgan fingerprint density at radius 2 is 1.65 bits per heavy atom. The molecule has 3 nitrogen and oxygen atoms in total. The Morgan fingerprint density at radius 3 is 2.25 bits per heavy atom. The van der Waals surface area contributed by atoms with E-state index in [4.69, 9.17) is 11.6 Å². The number of benzene rings is 2. The Labute approximate surface area is 132 Å². The van der Waals surface area contributed by atoms with Crippen molar-refractivity contribution < 1.29 is 8.42 Å². The van der Waals surface area contributed by atoms with E-state index in [2.05, 4.69) is 20.7 Å². The van der Waals surface area contributed by atoms with Crippen molar-refractivity contribution in [3.63, 3.8) is 0 Å². The maximum absolute atomic E-state index is 12.4. The summed E-state index contributed by atoms with van der Waals surface area (Å²) >= 11 is 9.36. The largest absolute Gasteiger partial charge is 0.278 e. The first kappa shape index (κ1) is 15.4. The Bertz CT molecular complexity index is 760. The SMILES string of the molecule is Cc1ccc(S(=O)(=O)Nc2ccc(C)cc2Br)c(Cl)c1. The zero-order valence-electron chi connectivity index (χ0n) is 10.9. The Balaban J connectivity index is 2.41. The lowest BCUT2D eigenvalue weighted by atomic mass is 10.2. The van der Waals surface area contributed by atoms with Gasteiger partial charge in [0, 0.05) is 4.47 Å². The lowest BCUT2D eigenvalue weighted by Gasteiger charge is -2.11. The molecule has 6 heteroatoms. The fraction of sp³-hybridized carbons (Fsp3) is 0.143. The Hall–Kier alpha value is -1.04. The summed E-state index contributed by atoms with van der Waals surface area (Å²) in [5.74, 6) is 0. The molecule has 2 aromatic carbocycles. The van der Waals surface area contributed by atoms with E-state index in [1.54, 1.807) is 18.2 Å². The summed E-state index contributed by atoms with van der Waals surface area (Å²) in [6.07, 6.45) is 0. The highest BCUT2D eigenvalue weighted by atomic mass is 79.9. The number of hydrogen-bond donors (Lipinski definition) is 1. The molecule has 0 atom stereocenters. The molecule has 0 saturated heterocycles. The van der Waals surface area contributed by atoms with Crippen LogP contribution in [0.25, 0.3) is 0 Å². The summed E-state index contributed by atoms with van der Waals surface area (Å²) < 4.78 is 27.9. The van der Waals surface area contributed by atoms with Gasteiger partial charge < -0.3 is 0 Å². The third-order valence-corrected chi connectivity index (χ3v) is 5.25. The molecule has 20 heavy (non-hydrogen) atoms. The van der Waals surface area contributed by atoms with Gasteiger partial charge in [0.1, 0.15) is 4.90 Å². The van der Waals surface area contributed by atoms with Crippen molar-refractivity contribution >= 4 is 43.2 Å². The molecule has 0 spiro atoms. The minimum Gasteiger partial charge on any atom is -0.278 e. The van der Waals surface area contributed by atoms with Crippen LogP contribution in [0.15, 0.2) is 45.8 Å². The van der Waals surface area contributed by atoms with Crippen molar-refractivity contribution in [2.24, 2.45) is 0 Å². The van der Waals surface area contributed by atoms with Gasteiger partial charge in [-0.15, -0.1) is 0 Å². The molecule has 0 bridgehead atoms. The molecule has 0 amide bonds. The number of sulfonamides is 1. The monoisotopic (exact) mass is 373 g/mol. The number of halogens is 2. The van der Waals surface area contributed by atoms with Gasteiger partial charge in [-0.2, -0.15) is 0 Å². The first-order valence-corrected chi connectivity index (χ1v) is 8.50. The fourth-order valence-electron chi connectivity index (χ4n) is 1.73. The highest BCUT2D eigenvalue weighted by molar-refractivity contribution is 9.10. The maximum Gasteiger partial charge on any atom is 0.263 e. The molecule has 106 valence electrons. The predicted molar refractivity (Wildman–Crippen MR) is 85.9 cm³/mol. The topological polar surface area (TPSA) is 46.2 Å². The Morgan fingerprint density at radius 1 is 1.05 bits per heavy atom. The lowest BCUT2D eigenvalue weighted by molar-refractivity contribution is 0.601. The van der Waals surface area contributed by atoms with Crippen LogP contribution in [0.4, 0.5) is 5.69 Å². The van der Waals surface area contributed by atoms with Crippen molar-refractivity contribution in [2.45, 2.75) is 18.7 Å². The molecule has 0 fully saturated rings. The molecule has 2 rings (SSSR count). The van der Waals surface area contributed by atoms with E-state index in [0.29, 0.717) is 10.2 Å². The van der Waals surface area contributed by atoms with Gasteiger partial charge in [-0.1, -0.05) is 23.7 Å². The highest BCUT2D eigenvalue weighted by Crippen LogP contribution is 2.28. The van der Waals surface area contributed by atoms with Crippen molar-refractivity contribution in [1.29, 1.82) is 0 Å². The van der Waals surface area contributed by atoms with Crippen LogP contribution in [0.2, 0.25) is 5.02 Å². The van der Waals surface area contributed by atoms with Gasteiger partial charge >= 0.3 is 0 Å². The van der Waals surface area contributed by atoms with E-state index in [0.717, 1.165) is 11.1 Å². The maximum atomic E-state index is 12.4. The second kappa shape index (κ2) is 5.76. The molecular formula is C14H13BrClNO2S. The molecule has 0 saturated carbocycles. The summed E-state index contributed by atoms with van der Waals surface area (Å²) in [4.78, 5) is 0.0669. The van der Waals surface area contributed by atoms with Gasteiger partial charge in [-0.25, -0.2) is 8.42 Å². The minimum absolute atomic E-state index is 0.0669. The molecular weight excluding hydrogens is 362 g/mol. The fourth-order valence-corrected chi connectivity index (χ4v) is 4.13. The van der Waals surface area contributed by atoms with E-state index in [1.807, 2.05) is 26.0 Å². The van der Waals surface area contributed by atoms with Crippen LogP contribution in [0, 0.1) is 13.8 Å². The summed E-state index contributed by atoms with van der Waals surface area (Å²) in [5.41, 5.74) is 2.42. The molecule has 0 heterocycles. The first-order valence-electron chi connectivity index (χ1n) is 5.85.